The number of benzene rings is 4. The second-order valence-corrected chi connectivity index (χ2v) is 17.6. The topological polar surface area (TPSA) is 303 Å². The Labute approximate surface area is 419 Å². The highest BCUT2D eigenvalue weighted by Crippen LogP contribution is 2.26. The van der Waals surface area contributed by atoms with Crippen molar-refractivity contribution in [3.05, 3.63) is 124 Å². The molecule has 12 N–H and O–H groups in total. The quantitative estimate of drug-likeness (QED) is 0.0286. The SMILES string of the molecule is COc1ccc(CC(=O)[C@H](CCCCN)NC(=O)c2cc(CC(=O)[C@H](CCCCN)NC(=O)c3cc(CC(=O)[C@H](CCCCN)NC(=O)c4c[nH]c5ccccc45)ccc3OC)ccc2OC)cc1C(N)=O. The summed E-state index contributed by atoms with van der Waals surface area (Å²) in [5.41, 5.74) is 25.8. The molecule has 72 heavy (non-hydrogen) atoms. The molecule has 0 aliphatic rings. The van der Waals surface area contributed by atoms with Crippen LogP contribution < -0.4 is 53.1 Å². The summed E-state index contributed by atoms with van der Waals surface area (Å²) >= 11 is 0. The Hall–Kier alpha value is -7.41. The fourth-order valence-electron chi connectivity index (χ4n) is 8.50. The number of ether oxygens (including phenoxy) is 3. The summed E-state index contributed by atoms with van der Waals surface area (Å²) in [4.78, 5) is 98.8. The van der Waals surface area contributed by atoms with E-state index in [1.807, 2.05) is 24.3 Å². The third-order valence-corrected chi connectivity index (χ3v) is 12.4. The lowest BCUT2D eigenvalue weighted by Gasteiger charge is -2.21. The van der Waals surface area contributed by atoms with E-state index in [-0.39, 0.29) is 83.4 Å². The number of primary amides is 1. The lowest BCUT2D eigenvalue weighted by Crippen LogP contribution is -2.42. The molecule has 0 saturated heterocycles. The molecular formula is C54H68N8O10. The van der Waals surface area contributed by atoms with Gasteiger partial charge in [-0.25, -0.2) is 0 Å². The van der Waals surface area contributed by atoms with Gasteiger partial charge in [0.1, 0.15) is 17.2 Å². The average Bonchev–Trinajstić information content (AvgIpc) is 3.82. The third-order valence-electron chi connectivity index (χ3n) is 12.4. The van der Waals surface area contributed by atoms with Crippen LogP contribution in [0.3, 0.4) is 0 Å². The maximum Gasteiger partial charge on any atom is 0.255 e. The molecule has 4 aromatic carbocycles. The van der Waals surface area contributed by atoms with Crippen LogP contribution in [0.2, 0.25) is 0 Å². The number of nitrogens with two attached hydrogens (primary N) is 4. The molecule has 5 aromatic rings. The number of nitrogens with one attached hydrogen (secondary N) is 4. The molecule has 0 aliphatic heterocycles. The van der Waals surface area contributed by atoms with Crippen LogP contribution in [0.25, 0.3) is 10.9 Å². The number of H-pyrrole nitrogens is 1. The van der Waals surface area contributed by atoms with E-state index in [0.29, 0.717) is 86.8 Å². The van der Waals surface area contributed by atoms with Crippen LogP contribution in [0.4, 0.5) is 0 Å². The van der Waals surface area contributed by atoms with Crippen LogP contribution in [0.1, 0.15) is 116 Å². The van der Waals surface area contributed by atoms with Crippen molar-refractivity contribution in [1.29, 1.82) is 0 Å². The summed E-state index contributed by atoms with van der Waals surface area (Å²) < 4.78 is 16.3. The van der Waals surface area contributed by atoms with E-state index in [9.17, 15) is 33.6 Å². The van der Waals surface area contributed by atoms with Gasteiger partial charge in [0.15, 0.2) is 17.3 Å². The first kappa shape index (κ1) is 55.5. The number of hydrogen-bond acceptors (Lipinski definition) is 13. The van der Waals surface area contributed by atoms with Gasteiger partial charge in [0.05, 0.1) is 61.7 Å². The number of carbonyl (C=O) groups excluding carboxylic acids is 7. The largest absolute Gasteiger partial charge is 0.496 e. The molecule has 0 saturated carbocycles. The van der Waals surface area contributed by atoms with Crippen LogP contribution in [0.15, 0.2) is 85.1 Å². The fourth-order valence-corrected chi connectivity index (χ4v) is 8.50. The van der Waals surface area contributed by atoms with Crippen molar-refractivity contribution in [3.8, 4) is 17.2 Å². The molecule has 384 valence electrons. The van der Waals surface area contributed by atoms with Gasteiger partial charge in [0.25, 0.3) is 23.6 Å². The average molecular weight is 989 g/mol. The highest BCUT2D eigenvalue weighted by molar-refractivity contribution is 6.08. The van der Waals surface area contributed by atoms with Crippen molar-refractivity contribution in [2.45, 2.75) is 95.2 Å². The zero-order valence-electron chi connectivity index (χ0n) is 41.3. The number of unbranched alkanes of at least 4 members (excludes halogenated alkanes) is 3. The summed E-state index contributed by atoms with van der Waals surface area (Å²) in [6.07, 6.45) is 5.65. The third kappa shape index (κ3) is 15.3. The van der Waals surface area contributed by atoms with Gasteiger partial charge in [-0.3, -0.25) is 33.6 Å². The minimum atomic E-state index is -0.984. The number of ketones is 3. The molecule has 1 aromatic heterocycles. The molecule has 3 atom stereocenters. The first-order chi connectivity index (χ1) is 34.7. The zero-order chi connectivity index (χ0) is 52.2. The summed E-state index contributed by atoms with van der Waals surface area (Å²) in [6, 6.07) is 18.8. The highest BCUT2D eigenvalue weighted by atomic mass is 16.5. The molecule has 5 rings (SSSR count). The molecule has 1 heterocycles. The predicted octanol–water partition coefficient (Wildman–Crippen LogP) is 4.41. The lowest BCUT2D eigenvalue weighted by molar-refractivity contribution is -0.121. The smallest absolute Gasteiger partial charge is 0.255 e. The van der Waals surface area contributed by atoms with E-state index in [1.165, 1.54) is 33.5 Å². The predicted molar refractivity (Wildman–Crippen MR) is 274 cm³/mol. The summed E-state index contributed by atoms with van der Waals surface area (Å²) in [5.74, 6) is -2.58. The number of para-hydroxylation sites is 1. The Morgan fingerprint density at radius 3 is 1.22 bits per heavy atom. The number of amides is 4. The van der Waals surface area contributed by atoms with Crippen LogP contribution >= 0.6 is 0 Å². The Morgan fingerprint density at radius 1 is 0.486 bits per heavy atom. The number of fused-ring (bicyclic) bond motifs is 1. The maximum atomic E-state index is 14.2. The van der Waals surface area contributed by atoms with E-state index in [2.05, 4.69) is 20.9 Å². The first-order valence-corrected chi connectivity index (χ1v) is 24.2. The molecule has 18 nitrogen and oxygen atoms in total. The number of Topliss-reactive ketones (excluding diaryl/α,β-unsaturated/α-hetero) is 3. The van der Waals surface area contributed by atoms with Crippen molar-refractivity contribution in [1.82, 2.24) is 20.9 Å². The van der Waals surface area contributed by atoms with Gasteiger partial charge >= 0.3 is 0 Å². The number of aromatic amines is 1. The van der Waals surface area contributed by atoms with E-state index in [0.717, 1.165) is 10.9 Å². The summed E-state index contributed by atoms with van der Waals surface area (Å²) in [5, 5.41) is 9.40. The van der Waals surface area contributed by atoms with Gasteiger partial charge in [-0.1, -0.05) is 36.4 Å². The second kappa shape index (κ2) is 27.8. The van der Waals surface area contributed by atoms with E-state index in [1.54, 1.807) is 48.7 Å². The highest BCUT2D eigenvalue weighted by Gasteiger charge is 2.28. The molecule has 0 radical (unpaired) electrons. The molecular weight excluding hydrogens is 921 g/mol. The Morgan fingerprint density at radius 2 is 0.847 bits per heavy atom. The molecule has 0 bridgehead atoms. The molecule has 0 fully saturated rings. The van der Waals surface area contributed by atoms with Gasteiger partial charge in [0, 0.05) is 36.4 Å². The van der Waals surface area contributed by atoms with Crippen LogP contribution in [-0.2, 0) is 33.6 Å². The minimum absolute atomic E-state index is 0.0823. The number of rotatable bonds is 31. The second-order valence-electron chi connectivity index (χ2n) is 17.6. The molecule has 0 spiro atoms. The van der Waals surface area contributed by atoms with Gasteiger partial charge < -0.3 is 58.1 Å². The lowest BCUT2D eigenvalue weighted by atomic mass is 9.95. The van der Waals surface area contributed by atoms with Gasteiger partial charge in [-0.2, -0.15) is 0 Å². The maximum absolute atomic E-state index is 14.2. The number of methoxy groups -OCH3 is 3. The van der Waals surface area contributed by atoms with Gasteiger partial charge in [-0.05, 0) is 137 Å². The van der Waals surface area contributed by atoms with E-state index in [4.69, 9.17) is 37.1 Å². The molecule has 4 amide bonds. The molecule has 18 heteroatoms. The monoisotopic (exact) mass is 989 g/mol. The number of carbonyl (C=O) groups is 7. The van der Waals surface area contributed by atoms with Crippen molar-refractivity contribution in [3.63, 3.8) is 0 Å². The van der Waals surface area contributed by atoms with Gasteiger partial charge in [-0.15, -0.1) is 0 Å². The standard InChI is InChI=1S/C54H68N8O10/c1-70-48-20-17-33(26-37(48)51(58)66)29-45(63)42(14-6-9-23-55)60-52(67)38-27-34(18-21-49(38)71-2)30-46(64)43(15-7-10-24-56)61-53(68)39-28-35(19-22-50(39)72-3)31-47(65)44(16-8-11-25-57)62-54(69)40-32-59-41-13-5-4-12-36(40)41/h4-5,12-13,17-22,26-28,32,42-44,59H,6-11,14-16,23-25,29-31,55-57H2,1-3H3,(H2,58,66)(H,60,67)(H,61,68)(H,62,69)/t42-,43-,44-/m0/s1. The van der Waals surface area contributed by atoms with E-state index < -0.39 is 41.8 Å². The van der Waals surface area contributed by atoms with Crippen LogP contribution in [-0.4, -0.2) is 105 Å². The van der Waals surface area contributed by atoms with Crippen molar-refractivity contribution >= 4 is 51.9 Å². The zero-order valence-corrected chi connectivity index (χ0v) is 41.3. The van der Waals surface area contributed by atoms with Crippen molar-refractivity contribution in [2.24, 2.45) is 22.9 Å². The van der Waals surface area contributed by atoms with Gasteiger partial charge in [0.2, 0.25) is 0 Å². The van der Waals surface area contributed by atoms with Crippen LogP contribution in [0, 0.1) is 0 Å². The molecule has 0 aliphatic carbocycles. The normalized spacial score (nSPS) is 12.3. The molecule has 0 unspecified atom stereocenters. The van der Waals surface area contributed by atoms with E-state index >= 15 is 0 Å². The van der Waals surface area contributed by atoms with Crippen LogP contribution in [0.5, 0.6) is 17.2 Å². The number of hydrogen-bond donors (Lipinski definition) is 8. The number of aromatic nitrogens is 1. The Bertz CT molecular complexity index is 2700. The first-order valence-electron chi connectivity index (χ1n) is 24.2. The Kier molecular flexibility index (Phi) is 21.5. The summed E-state index contributed by atoms with van der Waals surface area (Å²) in [7, 11) is 4.21. The Balaban J connectivity index is 1.32. The summed E-state index contributed by atoms with van der Waals surface area (Å²) in [6.45, 7) is 1.19. The fraction of sp³-hybridized carbons (Fsp3) is 0.389. The van der Waals surface area contributed by atoms with Crippen molar-refractivity contribution in [2.75, 3.05) is 41.0 Å². The van der Waals surface area contributed by atoms with Crippen molar-refractivity contribution < 1.29 is 47.8 Å². The minimum Gasteiger partial charge on any atom is -0.496 e.